The van der Waals surface area contributed by atoms with Crippen LogP contribution in [0, 0.1) is 6.92 Å². The molecule has 1 aliphatic rings. The first-order valence-corrected chi connectivity index (χ1v) is 9.23. The topological polar surface area (TPSA) is 75.7 Å². The first-order chi connectivity index (χ1) is 13.1. The van der Waals surface area contributed by atoms with E-state index in [0.717, 1.165) is 42.8 Å². The van der Waals surface area contributed by atoms with Gasteiger partial charge in [0.05, 0.1) is 6.04 Å². The van der Waals surface area contributed by atoms with Crippen LogP contribution < -0.4 is 10.9 Å². The van der Waals surface area contributed by atoms with Gasteiger partial charge < -0.3 is 14.2 Å². The van der Waals surface area contributed by atoms with Crippen LogP contribution in [0.3, 0.4) is 0 Å². The van der Waals surface area contributed by atoms with Crippen LogP contribution in [0.2, 0.25) is 0 Å². The number of carbonyl (C=O) groups excluding carboxylic acids is 1. The molecule has 2 aromatic heterocycles. The molecule has 1 aromatic carbocycles. The van der Waals surface area contributed by atoms with Gasteiger partial charge in [0, 0.05) is 11.9 Å². The molecule has 3 aromatic rings. The number of aryl methyl sites for hydroxylation is 1. The van der Waals surface area contributed by atoms with Gasteiger partial charge in [0.1, 0.15) is 22.7 Å². The van der Waals surface area contributed by atoms with Gasteiger partial charge in [-0.15, -0.1) is 0 Å². The van der Waals surface area contributed by atoms with Crippen LogP contribution in [0.15, 0.2) is 56.1 Å². The largest absolute Gasteiger partial charge is 0.465 e. The number of nitrogens with zero attached hydrogens (tertiary/aromatic N) is 1. The number of hydrogen-bond acceptors (Lipinski definition) is 5. The fourth-order valence-corrected chi connectivity index (χ4v) is 3.60. The Morgan fingerprint density at radius 1 is 1.15 bits per heavy atom. The summed E-state index contributed by atoms with van der Waals surface area (Å²) in [6, 6.07) is 12.6. The molecule has 3 heterocycles. The molecule has 6 heteroatoms. The molecular formula is C21H22N2O4. The van der Waals surface area contributed by atoms with Crippen molar-refractivity contribution in [2.24, 2.45) is 0 Å². The summed E-state index contributed by atoms with van der Waals surface area (Å²) >= 11 is 0. The lowest BCUT2D eigenvalue weighted by molar-refractivity contribution is 0.0930. The predicted molar refractivity (Wildman–Crippen MR) is 102 cm³/mol. The summed E-state index contributed by atoms with van der Waals surface area (Å²) in [5.41, 5.74) is -0.137. The second-order valence-electron chi connectivity index (χ2n) is 6.90. The van der Waals surface area contributed by atoms with E-state index in [4.69, 9.17) is 8.83 Å². The van der Waals surface area contributed by atoms with Crippen molar-refractivity contribution in [3.63, 3.8) is 0 Å². The SMILES string of the molecule is Cc1ccc(C(CNC(=O)c2cc3ccccc3oc2=O)N2CCCC2)o1. The maximum Gasteiger partial charge on any atom is 0.349 e. The molecule has 1 aliphatic heterocycles. The van der Waals surface area contributed by atoms with Gasteiger partial charge in [-0.2, -0.15) is 0 Å². The van der Waals surface area contributed by atoms with Gasteiger partial charge >= 0.3 is 5.63 Å². The van der Waals surface area contributed by atoms with Crippen molar-refractivity contribution in [3.8, 4) is 0 Å². The molecule has 140 valence electrons. The maximum atomic E-state index is 12.6. The van der Waals surface area contributed by atoms with Crippen LogP contribution in [0.5, 0.6) is 0 Å². The van der Waals surface area contributed by atoms with Gasteiger partial charge in [0.15, 0.2) is 0 Å². The highest BCUT2D eigenvalue weighted by Gasteiger charge is 2.27. The van der Waals surface area contributed by atoms with Crippen LogP contribution in [0.25, 0.3) is 11.0 Å². The van der Waals surface area contributed by atoms with Gasteiger partial charge in [0.25, 0.3) is 5.91 Å². The Bertz CT molecular complexity index is 1010. The molecule has 1 unspecified atom stereocenters. The Balaban J connectivity index is 1.54. The molecule has 0 bridgehead atoms. The van der Waals surface area contributed by atoms with Crippen molar-refractivity contribution in [2.75, 3.05) is 19.6 Å². The fraction of sp³-hybridized carbons (Fsp3) is 0.333. The number of nitrogens with one attached hydrogen (secondary N) is 1. The number of fused-ring (bicyclic) bond motifs is 1. The average Bonchev–Trinajstić information content (AvgIpc) is 3.33. The van der Waals surface area contributed by atoms with Gasteiger partial charge in [-0.3, -0.25) is 9.69 Å². The summed E-state index contributed by atoms with van der Waals surface area (Å²) in [5, 5.41) is 3.61. The van der Waals surface area contributed by atoms with E-state index in [1.165, 1.54) is 0 Å². The zero-order valence-electron chi connectivity index (χ0n) is 15.2. The first-order valence-electron chi connectivity index (χ1n) is 9.23. The Hall–Kier alpha value is -2.86. The van der Waals surface area contributed by atoms with E-state index >= 15 is 0 Å². The smallest absolute Gasteiger partial charge is 0.349 e. The van der Waals surface area contributed by atoms with E-state index in [9.17, 15) is 9.59 Å². The monoisotopic (exact) mass is 366 g/mol. The van der Waals surface area contributed by atoms with Crippen LogP contribution >= 0.6 is 0 Å². The standard InChI is InChI=1S/C21H22N2O4/c1-14-8-9-19(26-14)17(23-10-4-5-11-23)13-22-20(24)16-12-15-6-2-3-7-18(15)27-21(16)25/h2-3,6-9,12,17H,4-5,10-11,13H2,1H3,(H,22,24). The normalized spacial score (nSPS) is 15.9. The third-order valence-electron chi connectivity index (χ3n) is 5.01. The number of benzene rings is 1. The predicted octanol–water partition coefficient (Wildman–Crippen LogP) is 3.26. The lowest BCUT2D eigenvalue weighted by Crippen LogP contribution is -2.37. The lowest BCUT2D eigenvalue weighted by Gasteiger charge is -2.26. The van der Waals surface area contributed by atoms with E-state index in [2.05, 4.69) is 10.2 Å². The van der Waals surface area contributed by atoms with Gasteiger partial charge in [-0.1, -0.05) is 18.2 Å². The molecule has 4 rings (SSSR count). The quantitative estimate of drug-likeness (QED) is 0.702. The molecule has 1 fully saturated rings. The van der Waals surface area contributed by atoms with E-state index in [-0.39, 0.29) is 11.6 Å². The van der Waals surface area contributed by atoms with Crippen LogP contribution in [-0.4, -0.2) is 30.4 Å². The van der Waals surface area contributed by atoms with Crippen molar-refractivity contribution in [1.29, 1.82) is 0 Å². The van der Waals surface area contributed by atoms with Crippen molar-refractivity contribution in [2.45, 2.75) is 25.8 Å². The Kier molecular flexibility index (Phi) is 4.81. The number of furan rings is 1. The fourth-order valence-electron chi connectivity index (χ4n) is 3.60. The van der Waals surface area contributed by atoms with Crippen LogP contribution in [-0.2, 0) is 0 Å². The second-order valence-corrected chi connectivity index (χ2v) is 6.90. The highest BCUT2D eigenvalue weighted by molar-refractivity contribution is 5.96. The third-order valence-corrected chi connectivity index (χ3v) is 5.01. The molecular weight excluding hydrogens is 344 g/mol. The molecule has 0 aliphatic carbocycles. The molecule has 0 spiro atoms. The van der Waals surface area contributed by atoms with E-state index in [1.54, 1.807) is 18.2 Å². The van der Waals surface area contributed by atoms with Gasteiger partial charge in [-0.25, -0.2) is 4.79 Å². The Morgan fingerprint density at radius 3 is 2.67 bits per heavy atom. The minimum Gasteiger partial charge on any atom is -0.465 e. The van der Waals surface area contributed by atoms with Crippen molar-refractivity contribution < 1.29 is 13.6 Å². The highest BCUT2D eigenvalue weighted by atomic mass is 16.4. The number of amides is 1. The first kappa shape index (κ1) is 17.5. The summed E-state index contributed by atoms with van der Waals surface area (Å²) in [4.78, 5) is 27.1. The number of para-hydroxylation sites is 1. The summed E-state index contributed by atoms with van der Waals surface area (Å²) in [6.07, 6.45) is 2.27. The van der Waals surface area contributed by atoms with Crippen LogP contribution in [0.4, 0.5) is 0 Å². The lowest BCUT2D eigenvalue weighted by atomic mass is 10.1. The van der Waals surface area contributed by atoms with Gasteiger partial charge in [0.2, 0.25) is 0 Å². The summed E-state index contributed by atoms with van der Waals surface area (Å²) < 4.78 is 11.1. The zero-order valence-corrected chi connectivity index (χ0v) is 15.2. The molecule has 1 atom stereocenters. The minimum atomic E-state index is -0.627. The number of rotatable bonds is 5. The van der Waals surface area contributed by atoms with E-state index < -0.39 is 11.5 Å². The molecule has 6 nitrogen and oxygen atoms in total. The van der Waals surface area contributed by atoms with Gasteiger partial charge in [-0.05, 0) is 57.1 Å². The maximum absolute atomic E-state index is 12.6. The Labute approximate surface area is 156 Å². The molecule has 1 N–H and O–H groups in total. The third kappa shape index (κ3) is 3.66. The Morgan fingerprint density at radius 2 is 1.93 bits per heavy atom. The second kappa shape index (κ2) is 7.40. The van der Waals surface area contributed by atoms with Crippen molar-refractivity contribution in [1.82, 2.24) is 10.2 Å². The summed E-state index contributed by atoms with van der Waals surface area (Å²) in [7, 11) is 0. The average molecular weight is 366 g/mol. The van der Waals surface area contributed by atoms with Crippen LogP contribution in [0.1, 0.15) is 40.8 Å². The molecule has 1 amide bonds. The number of likely N-dealkylation sites (tertiary alicyclic amines) is 1. The van der Waals surface area contributed by atoms with Crippen molar-refractivity contribution in [3.05, 3.63) is 70.0 Å². The van der Waals surface area contributed by atoms with E-state index in [0.29, 0.717) is 12.1 Å². The molecule has 27 heavy (non-hydrogen) atoms. The minimum absolute atomic E-state index is 0.0181. The number of hydrogen-bond donors (Lipinski definition) is 1. The zero-order chi connectivity index (χ0) is 18.8. The summed E-state index contributed by atoms with van der Waals surface area (Å²) in [5.74, 6) is 1.25. The molecule has 1 saturated heterocycles. The number of carbonyl (C=O) groups is 1. The molecule has 0 saturated carbocycles. The van der Waals surface area contributed by atoms with E-state index in [1.807, 2.05) is 31.2 Å². The van der Waals surface area contributed by atoms with Crippen molar-refractivity contribution >= 4 is 16.9 Å². The molecule has 0 radical (unpaired) electrons. The highest BCUT2D eigenvalue weighted by Crippen LogP contribution is 2.26. The summed E-state index contributed by atoms with van der Waals surface area (Å²) in [6.45, 7) is 4.22.